The minimum atomic E-state index is -0.581. The van der Waals surface area contributed by atoms with Gasteiger partial charge in [0.2, 0.25) is 5.91 Å². The van der Waals surface area contributed by atoms with E-state index in [0.29, 0.717) is 22.9 Å². The van der Waals surface area contributed by atoms with Gasteiger partial charge in [-0.05, 0) is 24.3 Å². The highest BCUT2D eigenvalue weighted by molar-refractivity contribution is 7.12. The number of hydrogen-bond acceptors (Lipinski definition) is 5. The molecule has 1 atom stereocenters. The maximum atomic E-state index is 12.7. The molecule has 0 fully saturated rings. The van der Waals surface area contributed by atoms with Crippen molar-refractivity contribution < 1.29 is 14.1 Å². The molecule has 23 heavy (non-hydrogen) atoms. The second kappa shape index (κ2) is 7.41. The largest absolute Gasteiger partial charge is 0.361 e. The molecular formula is C16H21N3O3S. The first-order valence-corrected chi connectivity index (χ1v) is 8.28. The van der Waals surface area contributed by atoms with E-state index in [1.165, 1.54) is 11.3 Å². The zero-order valence-corrected chi connectivity index (χ0v) is 14.5. The summed E-state index contributed by atoms with van der Waals surface area (Å²) in [5.74, 6) is 0.309. The molecule has 2 amide bonds. The second-order valence-electron chi connectivity index (χ2n) is 5.80. The number of carbonyl (C=O) groups is 2. The van der Waals surface area contributed by atoms with Crippen molar-refractivity contribution in [2.24, 2.45) is 5.92 Å². The van der Waals surface area contributed by atoms with Crippen molar-refractivity contribution in [3.8, 4) is 0 Å². The zero-order chi connectivity index (χ0) is 17.0. The SMILES string of the molecule is Cc1cc(CN(C)C(=O)[C@@H](NC(=O)c2cccs2)C(C)C)no1. The van der Waals surface area contributed by atoms with Gasteiger partial charge in [-0.3, -0.25) is 9.59 Å². The zero-order valence-electron chi connectivity index (χ0n) is 13.7. The third kappa shape index (κ3) is 4.41. The molecule has 0 saturated heterocycles. The number of aryl methyl sites for hydroxylation is 1. The van der Waals surface area contributed by atoms with Gasteiger partial charge in [0.15, 0.2) is 0 Å². The molecule has 2 aromatic heterocycles. The number of thiophene rings is 1. The highest BCUT2D eigenvalue weighted by Gasteiger charge is 2.28. The highest BCUT2D eigenvalue weighted by Crippen LogP contribution is 2.13. The Morgan fingerprint density at radius 3 is 2.70 bits per heavy atom. The Morgan fingerprint density at radius 2 is 2.17 bits per heavy atom. The van der Waals surface area contributed by atoms with Crippen LogP contribution >= 0.6 is 11.3 Å². The predicted molar refractivity (Wildman–Crippen MR) is 88.1 cm³/mol. The van der Waals surface area contributed by atoms with Crippen LogP contribution in [0.2, 0.25) is 0 Å². The molecule has 6 nitrogen and oxygen atoms in total. The van der Waals surface area contributed by atoms with Crippen LogP contribution in [0.15, 0.2) is 28.1 Å². The van der Waals surface area contributed by atoms with Crippen molar-refractivity contribution in [3.63, 3.8) is 0 Å². The first-order valence-electron chi connectivity index (χ1n) is 7.40. The van der Waals surface area contributed by atoms with Gasteiger partial charge in [0, 0.05) is 13.1 Å². The molecule has 7 heteroatoms. The van der Waals surface area contributed by atoms with Gasteiger partial charge in [-0.25, -0.2) is 0 Å². The fourth-order valence-electron chi connectivity index (χ4n) is 2.18. The number of aromatic nitrogens is 1. The van der Waals surface area contributed by atoms with Gasteiger partial charge in [-0.15, -0.1) is 11.3 Å². The predicted octanol–water partition coefficient (Wildman–Crippen LogP) is 2.46. The van der Waals surface area contributed by atoms with Gasteiger partial charge in [-0.1, -0.05) is 25.1 Å². The Bertz CT molecular complexity index is 664. The van der Waals surface area contributed by atoms with E-state index in [9.17, 15) is 9.59 Å². The summed E-state index contributed by atoms with van der Waals surface area (Å²) >= 11 is 1.35. The lowest BCUT2D eigenvalue weighted by Crippen LogP contribution is -2.49. The normalized spacial score (nSPS) is 12.2. The van der Waals surface area contributed by atoms with E-state index in [1.54, 1.807) is 31.0 Å². The van der Waals surface area contributed by atoms with Crippen LogP contribution in [0.5, 0.6) is 0 Å². The number of rotatable bonds is 6. The van der Waals surface area contributed by atoms with E-state index < -0.39 is 6.04 Å². The molecule has 0 aliphatic carbocycles. The molecule has 0 aliphatic rings. The third-order valence-electron chi connectivity index (χ3n) is 3.42. The first kappa shape index (κ1) is 17.2. The van der Waals surface area contributed by atoms with Crippen molar-refractivity contribution in [1.82, 2.24) is 15.4 Å². The average Bonchev–Trinajstić information content (AvgIpc) is 3.15. The number of carbonyl (C=O) groups excluding carboxylic acids is 2. The van der Waals surface area contributed by atoms with Crippen LogP contribution in [0, 0.1) is 12.8 Å². The topological polar surface area (TPSA) is 75.4 Å². The fourth-order valence-corrected chi connectivity index (χ4v) is 2.81. The van der Waals surface area contributed by atoms with E-state index in [0.717, 1.165) is 0 Å². The Balaban J connectivity index is 2.04. The van der Waals surface area contributed by atoms with Crippen LogP contribution in [0.3, 0.4) is 0 Å². The lowest BCUT2D eigenvalue weighted by molar-refractivity contribution is -0.133. The van der Waals surface area contributed by atoms with Gasteiger partial charge in [0.05, 0.1) is 11.4 Å². The Labute approximate surface area is 139 Å². The summed E-state index contributed by atoms with van der Waals surface area (Å²) in [6.45, 7) is 5.96. The summed E-state index contributed by atoms with van der Waals surface area (Å²) in [5, 5.41) is 8.55. The van der Waals surface area contributed by atoms with Gasteiger partial charge in [0.1, 0.15) is 17.5 Å². The van der Waals surface area contributed by atoms with E-state index in [1.807, 2.05) is 25.3 Å². The van der Waals surface area contributed by atoms with Crippen LogP contribution in [0.1, 0.15) is 35.0 Å². The van der Waals surface area contributed by atoms with Gasteiger partial charge >= 0.3 is 0 Å². The van der Waals surface area contributed by atoms with Crippen molar-refractivity contribution in [2.75, 3.05) is 7.05 Å². The van der Waals surface area contributed by atoms with Crippen LogP contribution in [0.4, 0.5) is 0 Å². The van der Waals surface area contributed by atoms with Crippen LogP contribution in [-0.4, -0.2) is 35.0 Å². The maximum Gasteiger partial charge on any atom is 0.262 e. The maximum absolute atomic E-state index is 12.7. The molecule has 0 spiro atoms. The molecule has 124 valence electrons. The number of amides is 2. The number of hydrogen-bond donors (Lipinski definition) is 1. The summed E-state index contributed by atoms with van der Waals surface area (Å²) in [5.41, 5.74) is 0.686. The third-order valence-corrected chi connectivity index (χ3v) is 4.29. The lowest BCUT2D eigenvalue weighted by atomic mass is 10.0. The van der Waals surface area contributed by atoms with Gasteiger partial charge in [0.25, 0.3) is 5.91 Å². The molecule has 1 N–H and O–H groups in total. The molecular weight excluding hydrogens is 314 g/mol. The van der Waals surface area contributed by atoms with Crippen LogP contribution in [-0.2, 0) is 11.3 Å². The molecule has 0 aliphatic heterocycles. The van der Waals surface area contributed by atoms with Crippen molar-refractivity contribution in [2.45, 2.75) is 33.4 Å². The van der Waals surface area contributed by atoms with Gasteiger partial charge < -0.3 is 14.7 Å². The summed E-state index contributed by atoms with van der Waals surface area (Å²) in [6, 6.07) is 4.76. The lowest BCUT2D eigenvalue weighted by Gasteiger charge is -2.26. The Kier molecular flexibility index (Phi) is 5.54. The van der Waals surface area contributed by atoms with E-state index in [-0.39, 0.29) is 17.7 Å². The van der Waals surface area contributed by atoms with E-state index >= 15 is 0 Å². The average molecular weight is 335 g/mol. The summed E-state index contributed by atoms with van der Waals surface area (Å²) < 4.78 is 5.01. The van der Waals surface area contributed by atoms with Crippen LogP contribution in [0.25, 0.3) is 0 Å². The van der Waals surface area contributed by atoms with Gasteiger partial charge in [-0.2, -0.15) is 0 Å². The van der Waals surface area contributed by atoms with E-state index in [2.05, 4.69) is 10.5 Å². The number of likely N-dealkylation sites (N-methyl/N-ethyl adjacent to an activating group) is 1. The quantitative estimate of drug-likeness (QED) is 0.880. The molecule has 2 heterocycles. The Morgan fingerprint density at radius 1 is 1.43 bits per heavy atom. The molecule has 2 aromatic rings. The first-order chi connectivity index (χ1) is 10.9. The Hall–Kier alpha value is -2.15. The number of nitrogens with one attached hydrogen (secondary N) is 1. The molecule has 0 radical (unpaired) electrons. The molecule has 0 aromatic carbocycles. The summed E-state index contributed by atoms with van der Waals surface area (Å²) in [6.07, 6.45) is 0. The fraction of sp³-hybridized carbons (Fsp3) is 0.438. The number of nitrogens with zero attached hydrogens (tertiary/aromatic N) is 2. The molecule has 2 rings (SSSR count). The smallest absolute Gasteiger partial charge is 0.262 e. The monoisotopic (exact) mass is 335 g/mol. The summed E-state index contributed by atoms with van der Waals surface area (Å²) in [7, 11) is 1.69. The van der Waals surface area contributed by atoms with E-state index in [4.69, 9.17) is 4.52 Å². The highest BCUT2D eigenvalue weighted by atomic mass is 32.1. The minimum absolute atomic E-state index is 0.0205. The molecule has 0 saturated carbocycles. The van der Waals surface area contributed by atoms with Crippen molar-refractivity contribution in [3.05, 3.63) is 39.9 Å². The van der Waals surface area contributed by atoms with Crippen molar-refractivity contribution in [1.29, 1.82) is 0 Å². The second-order valence-corrected chi connectivity index (χ2v) is 6.74. The molecule has 0 bridgehead atoms. The minimum Gasteiger partial charge on any atom is -0.361 e. The standard InChI is InChI=1S/C16H21N3O3S/c1-10(2)14(17-15(20)13-6-5-7-23-13)16(21)19(4)9-12-8-11(3)22-18-12/h5-8,10,14H,9H2,1-4H3,(H,17,20)/t14-/m0/s1. The molecule has 0 unspecified atom stereocenters. The summed E-state index contributed by atoms with van der Waals surface area (Å²) in [4.78, 5) is 27.0. The van der Waals surface area contributed by atoms with Crippen molar-refractivity contribution >= 4 is 23.2 Å². The van der Waals surface area contributed by atoms with Crippen LogP contribution < -0.4 is 5.32 Å².